The molecule has 46 heavy (non-hydrogen) atoms. The average Bonchev–Trinajstić information content (AvgIpc) is 3.55. The Labute approximate surface area is 272 Å². The van der Waals surface area contributed by atoms with Crippen LogP contribution in [0.15, 0.2) is 24.5 Å². The molecule has 0 unspecified atom stereocenters. The molecule has 0 bridgehead atoms. The number of nitrogens with zero attached hydrogens (tertiary/aromatic N) is 6. The maximum absolute atomic E-state index is 16.0. The van der Waals surface area contributed by atoms with E-state index in [2.05, 4.69) is 25.2 Å². The first kappa shape index (κ1) is 34.2. The zero-order valence-corrected chi connectivity index (χ0v) is 26.8. The maximum Gasteiger partial charge on any atom is 0.417 e. The molecule has 0 radical (unpaired) electrons. The number of piperazine rings is 1. The van der Waals surface area contributed by atoms with E-state index in [1.807, 2.05) is 11.8 Å². The minimum Gasteiger partial charge on any atom is -0.481 e. The Morgan fingerprint density at radius 1 is 1.26 bits per heavy atom. The Balaban J connectivity index is 1.43. The van der Waals surface area contributed by atoms with E-state index in [1.54, 1.807) is 12.0 Å². The van der Waals surface area contributed by atoms with Crippen molar-refractivity contribution in [3.63, 3.8) is 0 Å². The summed E-state index contributed by atoms with van der Waals surface area (Å²) in [5.41, 5.74) is 5.87. The van der Waals surface area contributed by atoms with Crippen molar-refractivity contribution in [3.8, 4) is 11.3 Å². The fourth-order valence-electron chi connectivity index (χ4n) is 5.88. The summed E-state index contributed by atoms with van der Waals surface area (Å²) in [6.45, 7) is 4.25. The number of hydrogen-bond donors (Lipinski definition) is 3. The van der Waals surface area contributed by atoms with E-state index in [-0.39, 0.29) is 47.0 Å². The van der Waals surface area contributed by atoms with Crippen molar-refractivity contribution < 1.29 is 32.2 Å². The third kappa shape index (κ3) is 7.69. The third-order valence-corrected chi connectivity index (χ3v) is 9.60. The Bertz CT molecular complexity index is 1540. The number of halogens is 5. The maximum atomic E-state index is 16.0. The van der Waals surface area contributed by atoms with Gasteiger partial charge in [0.05, 0.1) is 41.5 Å². The number of aromatic nitrogens is 3. The minimum absolute atomic E-state index is 0.0237. The van der Waals surface area contributed by atoms with E-state index in [4.69, 9.17) is 27.2 Å². The highest BCUT2D eigenvalue weighted by molar-refractivity contribution is 7.16. The molecule has 0 saturated carbocycles. The van der Waals surface area contributed by atoms with Gasteiger partial charge in [0, 0.05) is 56.3 Å². The molecule has 2 aromatic heterocycles. The fraction of sp³-hybridized carbons (Fsp3) is 0.517. The Morgan fingerprint density at radius 3 is 2.72 bits per heavy atom. The molecule has 17 heteroatoms. The number of ether oxygens (including phenoxy) is 1. The predicted octanol–water partition coefficient (Wildman–Crippen LogP) is 5.04. The van der Waals surface area contributed by atoms with Crippen LogP contribution in [0, 0.1) is 5.82 Å². The molecule has 4 N–H and O–H groups in total. The average molecular weight is 687 g/mol. The largest absolute Gasteiger partial charge is 0.481 e. The highest BCUT2D eigenvalue weighted by Crippen LogP contribution is 2.41. The van der Waals surface area contributed by atoms with E-state index in [1.165, 1.54) is 29.8 Å². The van der Waals surface area contributed by atoms with Gasteiger partial charge in [0.15, 0.2) is 16.8 Å². The first-order valence-electron chi connectivity index (χ1n) is 14.7. The number of aliphatic carboxylic acids is 1. The van der Waals surface area contributed by atoms with Crippen molar-refractivity contribution in [3.05, 3.63) is 45.8 Å². The normalized spacial score (nSPS) is 21.2. The molecule has 3 atom stereocenters. The van der Waals surface area contributed by atoms with E-state index in [0.29, 0.717) is 49.9 Å². The van der Waals surface area contributed by atoms with Crippen molar-refractivity contribution in [2.75, 3.05) is 50.1 Å². The van der Waals surface area contributed by atoms with E-state index >= 15 is 4.39 Å². The number of methoxy groups -OCH3 is 1. The van der Waals surface area contributed by atoms with Crippen LogP contribution in [-0.2, 0) is 22.3 Å². The van der Waals surface area contributed by atoms with Gasteiger partial charge in [0.2, 0.25) is 5.82 Å². The molecule has 4 heterocycles. The van der Waals surface area contributed by atoms with Gasteiger partial charge in [-0.1, -0.05) is 29.0 Å². The second-order valence-electron chi connectivity index (χ2n) is 11.4. The van der Waals surface area contributed by atoms with Gasteiger partial charge in [-0.15, -0.1) is 0 Å². The molecule has 0 aliphatic carbocycles. The fourth-order valence-corrected chi connectivity index (χ4v) is 7.09. The highest BCUT2D eigenvalue weighted by Gasteiger charge is 2.35. The number of rotatable bonds is 11. The second kappa shape index (κ2) is 14.3. The first-order valence-corrected chi connectivity index (χ1v) is 15.9. The number of carbonyl (C=O) groups is 1. The number of nitrogens with one attached hydrogen (secondary N) is 1. The van der Waals surface area contributed by atoms with Gasteiger partial charge in [-0.05, 0) is 31.9 Å². The van der Waals surface area contributed by atoms with Gasteiger partial charge in [-0.2, -0.15) is 17.6 Å². The SMILES string of the molecule is COC[C@@H]1CN(c2ncnc(Nc3nc(-c4ccc(Cl)c(C(F)(F)F)c4)c(CN4[C@H](C)CC[C@H]4N)s3)c2F)CCN1CCC(=O)O. The molecule has 11 nitrogen and oxygen atoms in total. The lowest BCUT2D eigenvalue weighted by atomic mass is 10.1. The zero-order valence-electron chi connectivity index (χ0n) is 25.2. The standard InChI is InChI=1S/C29H35ClF4N8O3S/c1-16-3-6-22(35)42(16)13-21-25(17-4-5-20(30)19(11-17)29(32,33)34)38-28(46-21)39-26-24(31)27(37-15-36-26)41-10-9-40(8-7-23(43)44)18(12-41)14-45-2/h4-5,11,15-16,18,22H,3,6-10,12-14,35H2,1-2H3,(H,43,44)(H,36,37,38,39)/t16-,18+,22+/m1/s1. The van der Waals surface area contributed by atoms with Gasteiger partial charge in [-0.25, -0.2) is 15.0 Å². The molecule has 0 amide bonds. The number of thiazole rings is 1. The summed E-state index contributed by atoms with van der Waals surface area (Å²) >= 11 is 7.06. The lowest BCUT2D eigenvalue weighted by molar-refractivity contribution is -0.138. The number of nitrogens with two attached hydrogens (primary N) is 1. The predicted molar refractivity (Wildman–Crippen MR) is 167 cm³/mol. The quantitative estimate of drug-likeness (QED) is 0.235. The van der Waals surface area contributed by atoms with Gasteiger partial charge in [-0.3, -0.25) is 14.6 Å². The van der Waals surface area contributed by atoms with Crippen LogP contribution in [0.1, 0.15) is 36.6 Å². The topological polar surface area (TPSA) is 133 Å². The molecule has 2 aliphatic heterocycles. The number of alkyl halides is 3. The summed E-state index contributed by atoms with van der Waals surface area (Å²) in [6.07, 6.45) is -2.02. The smallest absolute Gasteiger partial charge is 0.417 e. The molecule has 250 valence electrons. The number of anilines is 3. The van der Waals surface area contributed by atoms with Crippen LogP contribution in [0.25, 0.3) is 11.3 Å². The number of carboxylic acids is 1. The lowest BCUT2D eigenvalue weighted by Gasteiger charge is -2.41. The monoisotopic (exact) mass is 686 g/mol. The molecular formula is C29H35ClF4N8O3S. The highest BCUT2D eigenvalue weighted by atomic mass is 35.5. The summed E-state index contributed by atoms with van der Waals surface area (Å²) in [6, 6.07) is 3.60. The van der Waals surface area contributed by atoms with Gasteiger partial charge in [0.25, 0.3) is 0 Å². The molecule has 2 aliphatic rings. The Hall–Kier alpha value is -3.15. The summed E-state index contributed by atoms with van der Waals surface area (Å²) in [5, 5.41) is 11.8. The summed E-state index contributed by atoms with van der Waals surface area (Å²) < 4.78 is 62.5. The molecule has 1 aromatic carbocycles. The van der Waals surface area contributed by atoms with E-state index in [9.17, 15) is 18.0 Å². The number of likely N-dealkylation sites (tertiary alicyclic amines) is 1. The van der Waals surface area contributed by atoms with Crippen LogP contribution in [0.3, 0.4) is 0 Å². The number of hydrogen-bond acceptors (Lipinski definition) is 11. The van der Waals surface area contributed by atoms with Crippen LogP contribution < -0.4 is 16.0 Å². The zero-order chi connectivity index (χ0) is 33.2. The van der Waals surface area contributed by atoms with Crippen LogP contribution in [-0.4, -0.2) is 94.0 Å². The van der Waals surface area contributed by atoms with Crippen molar-refractivity contribution in [2.24, 2.45) is 5.73 Å². The van der Waals surface area contributed by atoms with Gasteiger partial charge >= 0.3 is 12.1 Å². The molecule has 2 saturated heterocycles. The van der Waals surface area contributed by atoms with Crippen molar-refractivity contribution in [1.29, 1.82) is 0 Å². The second-order valence-corrected chi connectivity index (χ2v) is 12.9. The van der Waals surface area contributed by atoms with Gasteiger partial charge < -0.3 is 25.8 Å². The van der Waals surface area contributed by atoms with Crippen LogP contribution in [0.4, 0.5) is 34.3 Å². The molecule has 0 spiro atoms. The van der Waals surface area contributed by atoms with Crippen molar-refractivity contribution >= 4 is 45.7 Å². The van der Waals surface area contributed by atoms with E-state index < -0.39 is 28.5 Å². The first-order chi connectivity index (χ1) is 21.8. The van der Waals surface area contributed by atoms with Gasteiger partial charge in [0.1, 0.15) is 6.33 Å². The van der Waals surface area contributed by atoms with Crippen LogP contribution >= 0.6 is 22.9 Å². The Kier molecular flexibility index (Phi) is 10.6. The van der Waals surface area contributed by atoms with Crippen LogP contribution in [0.2, 0.25) is 5.02 Å². The Morgan fingerprint density at radius 2 is 2.04 bits per heavy atom. The lowest BCUT2D eigenvalue weighted by Crippen LogP contribution is -2.55. The molecule has 2 fully saturated rings. The van der Waals surface area contributed by atoms with Crippen LogP contribution in [0.5, 0.6) is 0 Å². The van der Waals surface area contributed by atoms with Crippen molar-refractivity contribution in [2.45, 2.75) is 57.2 Å². The molecule has 5 rings (SSSR count). The molecular weight excluding hydrogens is 652 g/mol. The van der Waals surface area contributed by atoms with Crippen molar-refractivity contribution in [1.82, 2.24) is 24.8 Å². The van der Waals surface area contributed by atoms with E-state index in [0.717, 1.165) is 18.9 Å². The summed E-state index contributed by atoms with van der Waals surface area (Å²) in [7, 11) is 1.55. The third-order valence-electron chi connectivity index (χ3n) is 8.31. The minimum atomic E-state index is -4.67. The number of benzene rings is 1. The summed E-state index contributed by atoms with van der Waals surface area (Å²) in [4.78, 5) is 30.5. The molecule has 3 aromatic rings. The number of carboxylic acid groups (broad SMARTS) is 1. The summed E-state index contributed by atoms with van der Waals surface area (Å²) in [5.74, 6) is -1.72.